The fourth-order valence-electron chi connectivity index (χ4n) is 6.72. The summed E-state index contributed by atoms with van der Waals surface area (Å²) in [6.45, 7) is 0. The van der Waals surface area contributed by atoms with E-state index in [2.05, 4.69) is 6.07 Å². The molecule has 0 N–H and O–H groups in total. The minimum absolute atomic E-state index is 0.0414. The number of aromatic nitrogens is 1. The Morgan fingerprint density at radius 2 is 1.78 bits per heavy atom. The van der Waals surface area contributed by atoms with Crippen LogP contribution in [-0.2, 0) is 17.6 Å². The highest BCUT2D eigenvalue weighted by Crippen LogP contribution is 2.60. The van der Waals surface area contributed by atoms with Gasteiger partial charge in [-0.15, -0.1) is 0 Å². The van der Waals surface area contributed by atoms with Crippen LogP contribution in [0.4, 0.5) is 0 Å². The summed E-state index contributed by atoms with van der Waals surface area (Å²) < 4.78 is 0. The van der Waals surface area contributed by atoms with E-state index in [0.717, 1.165) is 60.6 Å². The van der Waals surface area contributed by atoms with Crippen LogP contribution in [0.5, 0.6) is 0 Å². The zero-order valence-electron chi connectivity index (χ0n) is 16.0. The van der Waals surface area contributed by atoms with Crippen molar-refractivity contribution in [2.24, 2.45) is 23.2 Å². The van der Waals surface area contributed by atoms with Crippen LogP contribution in [0, 0.1) is 34.5 Å². The molecule has 4 heteroatoms. The molecule has 0 unspecified atom stereocenters. The van der Waals surface area contributed by atoms with Crippen LogP contribution in [0.15, 0.2) is 11.1 Å². The van der Waals surface area contributed by atoms with Crippen LogP contribution in [0.2, 0.25) is 0 Å². The summed E-state index contributed by atoms with van der Waals surface area (Å²) in [5.41, 5.74) is 3.04. The molecule has 0 spiro atoms. The van der Waals surface area contributed by atoms with Gasteiger partial charge < -0.3 is 0 Å². The highest BCUT2D eigenvalue weighted by atomic mass is 32.2. The van der Waals surface area contributed by atoms with Crippen molar-refractivity contribution in [2.75, 3.05) is 5.75 Å². The molecule has 4 fully saturated rings. The number of ketones is 1. The standard InChI is InChI=1S/C23H28N2OS/c24-13-19-9-18-4-2-1-3-5-20(18)25-22(19)27-14-21(26)23-10-15-6-16(11-23)8-17(7-15)12-23/h9,15-17H,1-8,10-12,14H2. The molecule has 1 aromatic heterocycles. The number of hydrogen-bond donors (Lipinski definition) is 0. The molecule has 0 aromatic carbocycles. The molecule has 0 atom stereocenters. The van der Waals surface area contributed by atoms with Gasteiger partial charge in [-0.05, 0) is 93.6 Å². The summed E-state index contributed by atoms with van der Waals surface area (Å²) in [7, 11) is 0. The molecule has 27 heavy (non-hydrogen) atoms. The van der Waals surface area contributed by atoms with Crippen molar-refractivity contribution in [1.82, 2.24) is 4.98 Å². The van der Waals surface area contributed by atoms with E-state index >= 15 is 0 Å². The van der Waals surface area contributed by atoms with Gasteiger partial charge in [-0.1, -0.05) is 18.2 Å². The molecule has 5 aliphatic rings. The summed E-state index contributed by atoms with van der Waals surface area (Å²) in [4.78, 5) is 18.1. The van der Waals surface area contributed by atoms with Crippen LogP contribution >= 0.6 is 11.8 Å². The number of fused-ring (bicyclic) bond motifs is 1. The molecule has 0 radical (unpaired) electrons. The molecule has 4 saturated carbocycles. The van der Waals surface area contributed by atoms with E-state index in [-0.39, 0.29) is 5.41 Å². The van der Waals surface area contributed by atoms with Gasteiger partial charge in [0.1, 0.15) is 16.9 Å². The van der Waals surface area contributed by atoms with E-state index in [9.17, 15) is 10.1 Å². The van der Waals surface area contributed by atoms with E-state index in [1.54, 1.807) is 0 Å². The molecule has 142 valence electrons. The van der Waals surface area contributed by atoms with E-state index in [4.69, 9.17) is 4.98 Å². The third-order valence-electron chi connectivity index (χ3n) is 7.61. The third kappa shape index (κ3) is 3.23. The zero-order chi connectivity index (χ0) is 18.4. The van der Waals surface area contributed by atoms with Gasteiger partial charge in [0.25, 0.3) is 0 Å². The predicted octanol–water partition coefficient (Wildman–Crippen LogP) is 5.10. The van der Waals surface area contributed by atoms with Gasteiger partial charge in [-0.25, -0.2) is 4.98 Å². The first-order valence-corrected chi connectivity index (χ1v) is 11.7. The van der Waals surface area contributed by atoms with Gasteiger partial charge in [0.2, 0.25) is 0 Å². The Bertz CT molecular complexity index is 774. The first kappa shape index (κ1) is 17.7. The predicted molar refractivity (Wildman–Crippen MR) is 107 cm³/mol. The summed E-state index contributed by atoms with van der Waals surface area (Å²) in [6.07, 6.45) is 13.1. The van der Waals surface area contributed by atoms with Crippen molar-refractivity contribution < 1.29 is 4.79 Å². The van der Waals surface area contributed by atoms with Crippen LogP contribution in [-0.4, -0.2) is 16.5 Å². The summed E-state index contributed by atoms with van der Waals surface area (Å²) in [5.74, 6) is 3.32. The number of carbonyl (C=O) groups is 1. The molecule has 5 aliphatic carbocycles. The number of rotatable bonds is 4. The Hall–Kier alpha value is -1.34. The van der Waals surface area contributed by atoms with Crippen molar-refractivity contribution in [3.05, 3.63) is 22.9 Å². The molecule has 4 bridgehead atoms. The molecular formula is C23H28N2OS. The number of nitrogens with zero attached hydrogens (tertiary/aromatic N) is 2. The molecular weight excluding hydrogens is 352 g/mol. The normalized spacial score (nSPS) is 34.0. The Kier molecular flexibility index (Phi) is 4.55. The lowest BCUT2D eigenvalue weighted by Gasteiger charge is -2.56. The maximum atomic E-state index is 13.3. The summed E-state index contributed by atoms with van der Waals surface area (Å²) >= 11 is 1.53. The van der Waals surface area contributed by atoms with Crippen LogP contribution in [0.1, 0.15) is 74.6 Å². The minimum Gasteiger partial charge on any atom is -0.298 e. The molecule has 0 amide bonds. The van der Waals surface area contributed by atoms with Crippen molar-refractivity contribution in [3.8, 4) is 6.07 Å². The molecule has 1 heterocycles. The van der Waals surface area contributed by atoms with E-state index in [1.165, 1.54) is 55.9 Å². The second kappa shape index (κ2) is 6.92. The minimum atomic E-state index is -0.0414. The lowest BCUT2D eigenvalue weighted by molar-refractivity contribution is -0.141. The number of nitriles is 1. The van der Waals surface area contributed by atoms with Gasteiger partial charge in [0.05, 0.1) is 11.3 Å². The third-order valence-corrected chi connectivity index (χ3v) is 8.60. The van der Waals surface area contributed by atoms with E-state index in [0.29, 0.717) is 17.1 Å². The number of thioether (sulfide) groups is 1. The molecule has 0 aliphatic heterocycles. The maximum absolute atomic E-state index is 13.3. The molecule has 0 saturated heterocycles. The second-order valence-electron chi connectivity index (χ2n) is 9.53. The topological polar surface area (TPSA) is 53.8 Å². The lowest BCUT2D eigenvalue weighted by Crippen LogP contribution is -2.50. The van der Waals surface area contributed by atoms with E-state index in [1.807, 2.05) is 6.07 Å². The van der Waals surface area contributed by atoms with Crippen LogP contribution in [0.25, 0.3) is 0 Å². The molecule has 3 nitrogen and oxygen atoms in total. The Balaban J connectivity index is 1.33. The largest absolute Gasteiger partial charge is 0.298 e. The summed E-state index contributed by atoms with van der Waals surface area (Å²) in [5, 5.41) is 10.4. The Labute approximate surface area is 166 Å². The highest BCUT2D eigenvalue weighted by molar-refractivity contribution is 8.00. The van der Waals surface area contributed by atoms with Gasteiger partial charge in [-0.2, -0.15) is 5.26 Å². The zero-order valence-corrected chi connectivity index (χ0v) is 16.8. The first-order valence-electron chi connectivity index (χ1n) is 10.7. The number of Topliss-reactive ketones (excluding diaryl/α,β-unsaturated/α-hetero) is 1. The average molecular weight is 381 g/mol. The fourth-order valence-corrected chi connectivity index (χ4v) is 7.73. The van der Waals surface area contributed by atoms with E-state index < -0.39 is 0 Å². The SMILES string of the molecule is N#Cc1cc2c(nc1SCC(=O)C13CC4CC(CC(C4)C1)C3)CCCCC2. The lowest BCUT2D eigenvalue weighted by atomic mass is 9.48. The Morgan fingerprint density at radius 3 is 2.44 bits per heavy atom. The second-order valence-corrected chi connectivity index (χ2v) is 10.5. The summed E-state index contributed by atoms with van der Waals surface area (Å²) in [6, 6.07) is 4.38. The Morgan fingerprint density at radius 1 is 1.11 bits per heavy atom. The van der Waals surface area contributed by atoms with Gasteiger partial charge in [-0.3, -0.25) is 4.79 Å². The molecule has 6 rings (SSSR count). The number of aryl methyl sites for hydroxylation is 2. The van der Waals surface area contributed by atoms with Gasteiger partial charge in [0.15, 0.2) is 0 Å². The highest BCUT2D eigenvalue weighted by Gasteiger charge is 2.54. The number of pyridine rings is 1. The first-order chi connectivity index (χ1) is 13.1. The fraction of sp³-hybridized carbons (Fsp3) is 0.696. The van der Waals surface area contributed by atoms with Crippen LogP contribution in [0.3, 0.4) is 0 Å². The average Bonchev–Trinajstić information content (AvgIpc) is 2.88. The van der Waals surface area contributed by atoms with Gasteiger partial charge >= 0.3 is 0 Å². The van der Waals surface area contributed by atoms with Crippen molar-refractivity contribution in [3.63, 3.8) is 0 Å². The maximum Gasteiger partial charge on any atom is 0.149 e. The van der Waals surface area contributed by atoms with Crippen LogP contribution < -0.4 is 0 Å². The van der Waals surface area contributed by atoms with Crippen molar-refractivity contribution in [1.29, 1.82) is 5.26 Å². The number of hydrogen-bond acceptors (Lipinski definition) is 4. The van der Waals surface area contributed by atoms with Gasteiger partial charge in [0, 0.05) is 11.1 Å². The monoisotopic (exact) mass is 380 g/mol. The van der Waals surface area contributed by atoms with Crippen molar-refractivity contribution >= 4 is 17.5 Å². The smallest absolute Gasteiger partial charge is 0.149 e. The molecule has 1 aromatic rings. The quantitative estimate of drug-likeness (QED) is 0.539. The number of carbonyl (C=O) groups excluding carboxylic acids is 1. The van der Waals surface area contributed by atoms with Crippen molar-refractivity contribution in [2.45, 2.75) is 75.7 Å².